The van der Waals surface area contributed by atoms with Crippen LogP contribution in [0.3, 0.4) is 0 Å². The summed E-state index contributed by atoms with van der Waals surface area (Å²) >= 11 is 0. The van der Waals surface area contributed by atoms with E-state index in [0.717, 1.165) is 19.4 Å². The molecule has 96 valence electrons. The van der Waals surface area contributed by atoms with Gasteiger partial charge in [0.15, 0.2) is 0 Å². The van der Waals surface area contributed by atoms with Crippen LogP contribution in [0, 0.1) is 5.92 Å². The third-order valence-corrected chi connectivity index (χ3v) is 2.87. The smallest absolute Gasteiger partial charge is 0.236 e. The molecule has 1 atom stereocenters. The van der Waals surface area contributed by atoms with Crippen LogP contribution < -0.4 is 10.6 Å². The molecule has 0 bridgehead atoms. The maximum absolute atomic E-state index is 11.6. The highest BCUT2D eigenvalue weighted by Gasteiger charge is 2.12. The van der Waals surface area contributed by atoms with Crippen LogP contribution in [-0.4, -0.2) is 38.8 Å². The van der Waals surface area contributed by atoms with Crippen molar-refractivity contribution in [1.29, 1.82) is 0 Å². The fourth-order valence-corrected chi connectivity index (χ4v) is 1.44. The van der Waals surface area contributed by atoms with Gasteiger partial charge in [-0.05, 0) is 19.4 Å². The van der Waals surface area contributed by atoms with Gasteiger partial charge in [0.2, 0.25) is 5.91 Å². The molecule has 1 unspecified atom stereocenters. The maximum atomic E-state index is 11.6. The van der Waals surface area contributed by atoms with E-state index in [-0.39, 0.29) is 11.9 Å². The zero-order valence-corrected chi connectivity index (χ0v) is 11.0. The first-order valence-electron chi connectivity index (χ1n) is 6.15. The summed E-state index contributed by atoms with van der Waals surface area (Å²) in [7, 11) is 1.63. The van der Waals surface area contributed by atoms with Gasteiger partial charge < -0.3 is 15.4 Å². The van der Waals surface area contributed by atoms with E-state index < -0.39 is 0 Å². The van der Waals surface area contributed by atoms with Crippen LogP contribution in [0.25, 0.3) is 0 Å². The number of rotatable bonds is 9. The van der Waals surface area contributed by atoms with Crippen molar-refractivity contribution in [2.24, 2.45) is 5.92 Å². The minimum Gasteiger partial charge on any atom is -0.383 e. The van der Waals surface area contributed by atoms with E-state index in [1.165, 1.54) is 0 Å². The molecule has 0 aromatic carbocycles. The molecule has 4 nitrogen and oxygen atoms in total. The summed E-state index contributed by atoms with van der Waals surface area (Å²) in [4.78, 5) is 11.6. The van der Waals surface area contributed by atoms with Crippen LogP contribution in [0.5, 0.6) is 0 Å². The second-order valence-electron chi connectivity index (χ2n) is 4.10. The Hall–Kier alpha value is -0.610. The first kappa shape index (κ1) is 15.4. The van der Waals surface area contributed by atoms with E-state index in [2.05, 4.69) is 24.5 Å². The van der Waals surface area contributed by atoms with Gasteiger partial charge in [0, 0.05) is 13.7 Å². The quantitative estimate of drug-likeness (QED) is 0.584. The van der Waals surface area contributed by atoms with Crippen molar-refractivity contribution < 1.29 is 9.53 Å². The Morgan fingerprint density at radius 3 is 2.44 bits per heavy atom. The summed E-state index contributed by atoms with van der Waals surface area (Å²) < 4.78 is 4.87. The Labute approximate surface area is 99.1 Å². The number of hydrogen-bond donors (Lipinski definition) is 2. The van der Waals surface area contributed by atoms with E-state index >= 15 is 0 Å². The van der Waals surface area contributed by atoms with Gasteiger partial charge in [0.1, 0.15) is 0 Å². The van der Waals surface area contributed by atoms with Crippen LogP contribution in [0.2, 0.25) is 0 Å². The molecule has 4 heteroatoms. The molecular formula is C12H26N2O2. The average Bonchev–Trinajstić information content (AvgIpc) is 2.30. The number of carbonyl (C=O) groups excluding carboxylic acids is 1. The van der Waals surface area contributed by atoms with Crippen LogP contribution in [0.15, 0.2) is 0 Å². The number of hydrogen-bond acceptors (Lipinski definition) is 3. The Kier molecular flexibility index (Phi) is 9.24. The van der Waals surface area contributed by atoms with Crippen molar-refractivity contribution in [2.45, 2.75) is 39.7 Å². The molecule has 0 aliphatic heterocycles. The lowest BCUT2D eigenvalue weighted by Gasteiger charge is -2.18. The number of methoxy groups -OCH3 is 1. The van der Waals surface area contributed by atoms with Crippen molar-refractivity contribution in [3.8, 4) is 0 Å². The van der Waals surface area contributed by atoms with Crippen molar-refractivity contribution in [2.75, 3.05) is 26.8 Å². The lowest BCUT2D eigenvalue weighted by molar-refractivity contribution is -0.123. The number of carbonyl (C=O) groups is 1. The van der Waals surface area contributed by atoms with Gasteiger partial charge in [-0.15, -0.1) is 0 Å². The van der Waals surface area contributed by atoms with Gasteiger partial charge >= 0.3 is 0 Å². The molecule has 2 N–H and O–H groups in total. The minimum absolute atomic E-state index is 0.0445. The molecule has 0 saturated carbocycles. The lowest BCUT2D eigenvalue weighted by atomic mass is 10.0. The highest BCUT2D eigenvalue weighted by molar-refractivity contribution is 5.81. The third kappa shape index (κ3) is 6.80. The first-order valence-corrected chi connectivity index (χ1v) is 6.15. The summed E-state index contributed by atoms with van der Waals surface area (Å²) in [6, 6.07) is -0.127. The Morgan fingerprint density at radius 1 is 1.31 bits per heavy atom. The van der Waals surface area contributed by atoms with E-state index in [4.69, 9.17) is 4.74 Å². The van der Waals surface area contributed by atoms with Gasteiger partial charge in [-0.1, -0.05) is 26.7 Å². The zero-order chi connectivity index (χ0) is 12.4. The topological polar surface area (TPSA) is 50.4 Å². The molecule has 0 spiro atoms. The van der Waals surface area contributed by atoms with Gasteiger partial charge in [0.05, 0.1) is 12.6 Å². The molecular weight excluding hydrogens is 204 g/mol. The highest BCUT2D eigenvalue weighted by atomic mass is 16.5. The molecule has 0 aliphatic rings. The summed E-state index contributed by atoms with van der Waals surface area (Å²) in [6.45, 7) is 8.30. The predicted octanol–water partition coefficient (Wildman–Crippen LogP) is 1.16. The molecule has 0 aromatic heterocycles. The van der Waals surface area contributed by atoms with E-state index in [0.29, 0.717) is 19.1 Å². The summed E-state index contributed by atoms with van der Waals surface area (Å²) in [5.41, 5.74) is 0. The number of amides is 1. The first-order chi connectivity index (χ1) is 7.65. The highest BCUT2D eigenvalue weighted by Crippen LogP contribution is 2.05. The fourth-order valence-electron chi connectivity index (χ4n) is 1.44. The van der Waals surface area contributed by atoms with Crippen molar-refractivity contribution in [1.82, 2.24) is 10.6 Å². The molecule has 1 amide bonds. The Bertz CT molecular complexity index is 182. The second kappa shape index (κ2) is 9.60. The van der Waals surface area contributed by atoms with Gasteiger partial charge in [0.25, 0.3) is 0 Å². The standard InChI is InChI=1S/C12H26N2O2/c1-5-11(6-2)9-14-10(3)12(15)13-7-8-16-4/h10-11,14H,5-9H2,1-4H3,(H,13,15). The molecule has 16 heavy (non-hydrogen) atoms. The van der Waals surface area contributed by atoms with Crippen molar-refractivity contribution in [3.63, 3.8) is 0 Å². The normalized spacial score (nSPS) is 12.8. The zero-order valence-electron chi connectivity index (χ0n) is 11.0. The second-order valence-corrected chi connectivity index (χ2v) is 4.10. The van der Waals surface area contributed by atoms with Crippen LogP contribution in [0.1, 0.15) is 33.6 Å². The monoisotopic (exact) mass is 230 g/mol. The molecule has 0 heterocycles. The summed E-state index contributed by atoms with van der Waals surface area (Å²) in [5, 5.41) is 6.08. The largest absolute Gasteiger partial charge is 0.383 e. The van der Waals surface area contributed by atoms with Gasteiger partial charge in [-0.25, -0.2) is 0 Å². The predicted molar refractivity (Wildman–Crippen MR) is 66.4 cm³/mol. The number of ether oxygens (including phenoxy) is 1. The van der Waals surface area contributed by atoms with Gasteiger partial charge in [-0.2, -0.15) is 0 Å². The van der Waals surface area contributed by atoms with Gasteiger partial charge in [-0.3, -0.25) is 4.79 Å². The third-order valence-electron chi connectivity index (χ3n) is 2.87. The minimum atomic E-state index is -0.127. The van der Waals surface area contributed by atoms with Crippen molar-refractivity contribution in [3.05, 3.63) is 0 Å². The molecule has 0 rings (SSSR count). The number of nitrogens with one attached hydrogen (secondary N) is 2. The maximum Gasteiger partial charge on any atom is 0.236 e. The van der Waals surface area contributed by atoms with Crippen LogP contribution in [-0.2, 0) is 9.53 Å². The molecule has 0 aromatic rings. The van der Waals surface area contributed by atoms with Crippen LogP contribution >= 0.6 is 0 Å². The lowest BCUT2D eigenvalue weighted by Crippen LogP contribution is -2.44. The van der Waals surface area contributed by atoms with E-state index in [1.54, 1.807) is 7.11 Å². The summed E-state index contributed by atoms with van der Waals surface area (Å²) in [5.74, 6) is 0.706. The van der Waals surface area contributed by atoms with E-state index in [9.17, 15) is 4.79 Å². The Balaban J connectivity index is 3.69. The molecule has 0 saturated heterocycles. The molecule has 0 fully saturated rings. The molecule has 0 radical (unpaired) electrons. The SMILES string of the molecule is CCC(CC)CNC(C)C(=O)NCCOC. The fraction of sp³-hybridized carbons (Fsp3) is 0.917. The van der Waals surface area contributed by atoms with Crippen molar-refractivity contribution >= 4 is 5.91 Å². The summed E-state index contributed by atoms with van der Waals surface area (Å²) in [6.07, 6.45) is 2.31. The van der Waals surface area contributed by atoms with Crippen LogP contribution in [0.4, 0.5) is 0 Å². The van der Waals surface area contributed by atoms with E-state index in [1.807, 2.05) is 6.92 Å². The average molecular weight is 230 g/mol. The molecule has 0 aliphatic carbocycles. The Morgan fingerprint density at radius 2 is 1.94 bits per heavy atom.